The van der Waals surface area contributed by atoms with Gasteiger partial charge in [0.15, 0.2) is 0 Å². The lowest BCUT2D eigenvalue weighted by molar-refractivity contribution is -0.117. The highest BCUT2D eigenvalue weighted by Crippen LogP contribution is 2.21. The van der Waals surface area contributed by atoms with Crippen LogP contribution in [0.1, 0.15) is 22.8 Å². The summed E-state index contributed by atoms with van der Waals surface area (Å²) in [4.78, 5) is 28.7. The number of nitrogens with one attached hydrogen (secondary N) is 2. The number of pyridine rings is 1. The lowest BCUT2D eigenvalue weighted by Gasteiger charge is -2.14. The maximum atomic E-state index is 12.4. The average Bonchev–Trinajstić information content (AvgIpc) is 2.71. The van der Waals surface area contributed by atoms with Gasteiger partial charge in [0.1, 0.15) is 11.8 Å². The summed E-state index contributed by atoms with van der Waals surface area (Å²) in [5.41, 5.74) is 2.07. The van der Waals surface area contributed by atoms with E-state index in [1.807, 2.05) is 13.0 Å². The standard InChI is InChI=1S/C22H20ClN3O3/c1-14-3-12-20(24-13-14)29-19-10-8-18(9-11-19)26-21(27)15(2)25-22(28)16-4-6-17(23)7-5-16/h3-13,15H,1-2H3,(H,25,28)(H,26,27). The first kappa shape index (κ1) is 20.4. The van der Waals surface area contributed by atoms with Gasteiger partial charge < -0.3 is 15.4 Å². The fraction of sp³-hybridized carbons (Fsp3) is 0.136. The van der Waals surface area contributed by atoms with Crippen LogP contribution in [0.25, 0.3) is 0 Å². The number of benzene rings is 2. The first-order valence-corrected chi connectivity index (χ1v) is 9.36. The molecular formula is C22H20ClN3O3. The van der Waals surface area contributed by atoms with Gasteiger partial charge in [0.25, 0.3) is 5.91 Å². The van der Waals surface area contributed by atoms with E-state index in [-0.39, 0.29) is 11.8 Å². The van der Waals surface area contributed by atoms with E-state index in [1.165, 1.54) is 0 Å². The van der Waals surface area contributed by atoms with E-state index in [1.54, 1.807) is 67.7 Å². The van der Waals surface area contributed by atoms with Gasteiger partial charge in [-0.15, -0.1) is 0 Å². The topological polar surface area (TPSA) is 80.3 Å². The van der Waals surface area contributed by atoms with Gasteiger partial charge in [-0.2, -0.15) is 0 Å². The van der Waals surface area contributed by atoms with Crippen LogP contribution in [-0.4, -0.2) is 22.8 Å². The van der Waals surface area contributed by atoms with Crippen LogP contribution in [0.4, 0.5) is 5.69 Å². The van der Waals surface area contributed by atoms with Gasteiger partial charge in [-0.25, -0.2) is 4.98 Å². The van der Waals surface area contributed by atoms with E-state index < -0.39 is 6.04 Å². The predicted octanol–water partition coefficient (Wildman–Crippen LogP) is 4.59. The molecule has 3 rings (SSSR count). The Kier molecular flexibility index (Phi) is 6.46. The molecule has 1 unspecified atom stereocenters. The highest BCUT2D eigenvalue weighted by molar-refractivity contribution is 6.30. The highest BCUT2D eigenvalue weighted by Gasteiger charge is 2.16. The van der Waals surface area contributed by atoms with Gasteiger partial charge in [-0.1, -0.05) is 17.7 Å². The summed E-state index contributed by atoms with van der Waals surface area (Å²) in [5.74, 6) is 0.411. The van der Waals surface area contributed by atoms with E-state index in [9.17, 15) is 9.59 Å². The van der Waals surface area contributed by atoms with Crippen LogP contribution in [-0.2, 0) is 4.79 Å². The first-order valence-electron chi connectivity index (χ1n) is 8.98. The average molecular weight is 410 g/mol. The highest BCUT2D eigenvalue weighted by atomic mass is 35.5. The zero-order chi connectivity index (χ0) is 20.8. The molecule has 2 aromatic carbocycles. The maximum Gasteiger partial charge on any atom is 0.251 e. The Morgan fingerprint density at radius 3 is 2.31 bits per heavy atom. The quantitative estimate of drug-likeness (QED) is 0.623. The zero-order valence-corrected chi connectivity index (χ0v) is 16.7. The number of hydrogen-bond donors (Lipinski definition) is 2. The Hall–Kier alpha value is -3.38. The monoisotopic (exact) mass is 409 g/mol. The zero-order valence-electron chi connectivity index (χ0n) is 16.0. The lowest BCUT2D eigenvalue weighted by Crippen LogP contribution is -2.41. The van der Waals surface area contributed by atoms with Gasteiger partial charge in [-0.05, 0) is 67.9 Å². The molecule has 29 heavy (non-hydrogen) atoms. The summed E-state index contributed by atoms with van der Waals surface area (Å²) >= 11 is 5.82. The van der Waals surface area contributed by atoms with Crippen LogP contribution >= 0.6 is 11.6 Å². The molecule has 1 heterocycles. The number of nitrogens with zero attached hydrogens (tertiary/aromatic N) is 1. The lowest BCUT2D eigenvalue weighted by atomic mass is 10.2. The molecule has 0 aliphatic carbocycles. The van der Waals surface area contributed by atoms with Crippen LogP contribution in [0.3, 0.4) is 0 Å². The number of aryl methyl sites for hydroxylation is 1. The van der Waals surface area contributed by atoms with E-state index in [2.05, 4.69) is 15.6 Å². The summed E-state index contributed by atoms with van der Waals surface area (Å²) in [5, 5.41) is 5.96. The van der Waals surface area contributed by atoms with E-state index in [0.717, 1.165) is 5.56 Å². The minimum Gasteiger partial charge on any atom is -0.439 e. The van der Waals surface area contributed by atoms with Crippen molar-refractivity contribution in [3.63, 3.8) is 0 Å². The number of rotatable bonds is 6. The third-order valence-electron chi connectivity index (χ3n) is 4.08. The Balaban J connectivity index is 1.54. The third kappa shape index (κ3) is 5.80. The van der Waals surface area contributed by atoms with Crippen LogP contribution in [0.15, 0.2) is 66.9 Å². The number of aromatic nitrogens is 1. The Bertz CT molecular complexity index is 987. The Morgan fingerprint density at radius 2 is 1.69 bits per heavy atom. The van der Waals surface area contributed by atoms with E-state index in [0.29, 0.717) is 27.9 Å². The number of ether oxygens (including phenoxy) is 1. The minimum absolute atomic E-state index is 0.332. The van der Waals surface area contributed by atoms with E-state index in [4.69, 9.17) is 16.3 Å². The molecule has 0 radical (unpaired) electrons. The van der Waals surface area contributed by atoms with Crippen LogP contribution in [0.2, 0.25) is 5.02 Å². The second kappa shape index (κ2) is 9.21. The number of halogens is 1. The van der Waals surface area contributed by atoms with Crippen LogP contribution < -0.4 is 15.4 Å². The summed E-state index contributed by atoms with van der Waals surface area (Å²) in [6, 6.07) is 16.3. The molecule has 0 aliphatic rings. The van der Waals surface area contributed by atoms with Crippen molar-refractivity contribution in [1.29, 1.82) is 0 Å². The molecule has 0 fully saturated rings. The van der Waals surface area contributed by atoms with Gasteiger partial charge in [0.05, 0.1) is 0 Å². The van der Waals surface area contributed by atoms with Gasteiger partial charge in [0, 0.05) is 28.5 Å². The second-order valence-corrected chi connectivity index (χ2v) is 6.93. The molecule has 1 atom stereocenters. The van der Waals surface area contributed by atoms with Crippen molar-refractivity contribution in [1.82, 2.24) is 10.3 Å². The molecule has 0 aliphatic heterocycles. The fourth-order valence-electron chi connectivity index (χ4n) is 2.44. The predicted molar refractivity (Wildman–Crippen MR) is 112 cm³/mol. The van der Waals surface area contributed by atoms with Crippen LogP contribution in [0, 0.1) is 6.92 Å². The van der Waals surface area contributed by atoms with Crippen molar-refractivity contribution in [2.24, 2.45) is 0 Å². The number of carbonyl (C=O) groups excluding carboxylic acids is 2. The van der Waals surface area contributed by atoms with Crippen LogP contribution in [0.5, 0.6) is 11.6 Å². The molecule has 0 spiro atoms. The molecule has 2 amide bonds. The normalized spacial score (nSPS) is 11.4. The molecular weight excluding hydrogens is 390 g/mol. The molecule has 148 valence electrons. The molecule has 1 aromatic heterocycles. The number of carbonyl (C=O) groups is 2. The van der Waals surface area contributed by atoms with Gasteiger partial charge in [-0.3, -0.25) is 9.59 Å². The fourth-order valence-corrected chi connectivity index (χ4v) is 2.56. The van der Waals surface area contributed by atoms with Crippen molar-refractivity contribution in [2.75, 3.05) is 5.32 Å². The smallest absolute Gasteiger partial charge is 0.251 e. The maximum absolute atomic E-state index is 12.4. The number of hydrogen-bond acceptors (Lipinski definition) is 4. The van der Waals surface area contributed by atoms with E-state index >= 15 is 0 Å². The summed E-state index contributed by atoms with van der Waals surface area (Å²) in [6.45, 7) is 3.57. The summed E-state index contributed by atoms with van der Waals surface area (Å²) in [6.07, 6.45) is 1.73. The second-order valence-electron chi connectivity index (χ2n) is 6.49. The summed E-state index contributed by atoms with van der Waals surface area (Å²) in [7, 11) is 0. The molecule has 3 aromatic rings. The van der Waals surface area contributed by atoms with Crippen molar-refractivity contribution in [3.05, 3.63) is 83.0 Å². The third-order valence-corrected chi connectivity index (χ3v) is 4.33. The number of amides is 2. The van der Waals surface area contributed by atoms with Crippen molar-refractivity contribution in [3.8, 4) is 11.6 Å². The van der Waals surface area contributed by atoms with Crippen molar-refractivity contribution in [2.45, 2.75) is 19.9 Å². The SMILES string of the molecule is Cc1ccc(Oc2ccc(NC(=O)C(C)NC(=O)c3ccc(Cl)cc3)cc2)nc1. The molecule has 6 nitrogen and oxygen atoms in total. The molecule has 7 heteroatoms. The van der Waals surface area contributed by atoms with Gasteiger partial charge >= 0.3 is 0 Å². The van der Waals surface area contributed by atoms with Crippen molar-refractivity contribution < 1.29 is 14.3 Å². The summed E-state index contributed by atoms with van der Waals surface area (Å²) < 4.78 is 5.66. The Labute approximate surface area is 173 Å². The minimum atomic E-state index is -0.717. The van der Waals surface area contributed by atoms with Gasteiger partial charge in [0.2, 0.25) is 11.8 Å². The molecule has 2 N–H and O–H groups in total. The Morgan fingerprint density at radius 1 is 1.00 bits per heavy atom. The van der Waals surface area contributed by atoms with Crippen molar-refractivity contribution >= 4 is 29.1 Å². The molecule has 0 bridgehead atoms. The first-order chi connectivity index (χ1) is 13.9. The molecule has 0 saturated heterocycles. The number of anilines is 1. The molecule has 0 saturated carbocycles. The largest absolute Gasteiger partial charge is 0.439 e.